The summed E-state index contributed by atoms with van der Waals surface area (Å²) in [6.45, 7) is 4.99. The van der Waals surface area contributed by atoms with Crippen molar-refractivity contribution in [2.75, 3.05) is 51.9 Å². The van der Waals surface area contributed by atoms with Gasteiger partial charge in [0.15, 0.2) is 16.7 Å². The molecular formula is C28H29ClN6O3S. The molecule has 4 aromatic rings. The van der Waals surface area contributed by atoms with E-state index in [4.69, 9.17) is 25.8 Å². The summed E-state index contributed by atoms with van der Waals surface area (Å²) in [4.78, 5) is 12.1. The van der Waals surface area contributed by atoms with Gasteiger partial charge in [0.2, 0.25) is 0 Å². The van der Waals surface area contributed by atoms with Crippen molar-refractivity contribution in [2.45, 2.75) is 16.5 Å². The van der Waals surface area contributed by atoms with Crippen molar-refractivity contribution >= 4 is 45.6 Å². The van der Waals surface area contributed by atoms with E-state index in [-0.39, 0.29) is 0 Å². The normalized spacial score (nSPS) is 13.8. The second-order valence-electron chi connectivity index (χ2n) is 9.00. The van der Waals surface area contributed by atoms with Crippen molar-refractivity contribution < 1.29 is 14.2 Å². The first-order chi connectivity index (χ1) is 19.1. The fourth-order valence-electron chi connectivity index (χ4n) is 4.40. The van der Waals surface area contributed by atoms with Crippen LogP contribution in [0.5, 0.6) is 11.5 Å². The third-order valence-electron chi connectivity index (χ3n) is 6.44. The molecule has 0 aliphatic carbocycles. The molecule has 5 rings (SSSR count). The number of imidazole rings is 1. The average Bonchev–Trinajstić information content (AvgIpc) is 3.36. The van der Waals surface area contributed by atoms with E-state index in [0.29, 0.717) is 39.9 Å². The number of anilines is 2. The first kappa shape index (κ1) is 27.1. The summed E-state index contributed by atoms with van der Waals surface area (Å²) in [5.74, 6) is 1.15. The minimum absolute atomic E-state index is 0.409. The van der Waals surface area contributed by atoms with Gasteiger partial charge in [0, 0.05) is 61.2 Å². The summed E-state index contributed by atoms with van der Waals surface area (Å²) in [5.41, 5.74) is 2.39. The Kier molecular flexibility index (Phi) is 8.74. The maximum atomic E-state index is 9.82. The highest BCUT2D eigenvalue weighted by Crippen LogP contribution is 2.40. The van der Waals surface area contributed by atoms with E-state index in [9.17, 15) is 5.26 Å². The molecule has 1 N–H and O–H groups in total. The Morgan fingerprint density at radius 2 is 2.05 bits per heavy atom. The molecule has 0 amide bonds. The number of rotatable bonds is 10. The van der Waals surface area contributed by atoms with Gasteiger partial charge in [0.05, 0.1) is 43.2 Å². The highest BCUT2D eigenvalue weighted by atomic mass is 35.5. The third-order valence-corrected chi connectivity index (χ3v) is 8.02. The molecule has 1 aliphatic heterocycles. The molecule has 2 aromatic carbocycles. The Balaban J connectivity index is 1.36. The monoisotopic (exact) mass is 564 g/mol. The number of nitrogens with zero attached hydrogens (tertiary/aromatic N) is 5. The highest BCUT2D eigenvalue weighted by Gasteiger charge is 2.18. The minimum atomic E-state index is 0.409. The molecule has 1 aliphatic rings. The lowest BCUT2D eigenvalue weighted by Crippen LogP contribution is -2.37. The van der Waals surface area contributed by atoms with Crippen molar-refractivity contribution in [3.05, 3.63) is 59.5 Å². The molecule has 3 heterocycles. The molecule has 11 heteroatoms. The fourth-order valence-corrected chi connectivity index (χ4v) is 5.50. The molecule has 9 nitrogen and oxygen atoms in total. The van der Waals surface area contributed by atoms with E-state index in [1.165, 1.54) is 11.8 Å². The lowest BCUT2D eigenvalue weighted by atomic mass is 10.1. The Morgan fingerprint density at radius 1 is 1.21 bits per heavy atom. The zero-order chi connectivity index (χ0) is 27.2. The fraction of sp³-hybridized carbons (Fsp3) is 0.321. The van der Waals surface area contributed by atoms with E-state index < -0.39 is 0 Å². The Bertz CT molecular complexity index is 1500. The second kappa shape index (κ2) is 12.6. The maximum Gasteiger partial charge on any atom is 0.187 e. The summed E-state index contributed by atoms with van der Waals surface area (Å²) >= 11 is 8.10. The smallest absolute Gasteiger partial charge is 0.187 e. The summed E-state index contributed by atoms with van der Waals surface area (Å²) in [5, 5.41) is 15.4. The van der Waals surface area contributed by atoms with Crippen molar-refractivity contribution in [3.8, 4) is 17.6 Å². The lowest BCUT2D eigenvalue weighted by Gasteiger charge is -2.26. The maximum absolute atomic E-state index is 9.82. The molecule has 1 saturated heterocycles. The van der Waals surface area contributed by atoms with Crippen LogP contribution in [0.1, 0.15) is 12.0 Å². The van der Waals surface area contributed by atoms with Crippen LogP contribution in [-0.2, 0) is 11.8 Å². The number of benzene rings is 2. The van der Waals surface area contributed by atoms with Crippen LogP contribution in [0.3, 0.4) is 0 Å². The average molecular weight is 565 g/mol. The van der Waals surface area contributed by atoms with Gasteiger partial charge in [0.25, 0.3) is 0 Å². The van der Waals surface area contributed by atoms with Gasteiger partial charge < -0.3 is 24.1 Å². The van der Waals surface area contributed by atoms with E-state index >= 15 is 0 Å². The van der Waals surface area contributed by atoms with Crippen LogP contribution in [0.2, 0.25) is 5.02 Å². The number of nitriles is 1. The van der Waals surface area contributed by atoms with E-state index in [1.54, 1.807) is 19.5 Å². The van der Waals surface area contributed by atoms with Gasteiger partial charge in [-0.2, -0.15) is 5.26 Å². The van der Waals surface area contributed by atoms with Crippen LogP contribution in [0, 0.1) is 11.3 Å². The molecule has 1 fully saturated rings. The summed E-state index contributed by atoms with van der Waals surface area (Å²) in [7, 11) is 3.54. The number of aromatic nitrogens is 3. The largest absolute Gasteiger partial charge is 0.491 e. The number of hydrogen-bond donors (Lipinski definition) is 1. The summed E-state index contributed by atoms with van der Waals surface area (Å²) < 4.78 is 19.2. The van der Waals surface area contributed by atoms with Gasteiger partial charge >= 0.3 is 0 Å². The first-order valence-corrected chi connectivity index (χ1v) is 13.8. The number of pyridine rings is 1. The lowest BCUT2D eigenvalue weighted by molar-refractivity contribution is 0.0357. The number of aryl methyl sites for hydroxylation is 1. The van der Waals surface area contributed by atoms with Crippen LogP contribution >= 0.6 is 23.4 Å². The van der Waals surface area contributed by atoms with Crippen LogP contribution in [0.15, 0.2) is 59.0 Å². The number of morpholine rings is 1. The standard InChI is InChI=1S/C28H29ClN6O3S/c1-34-10-8-31-28(34)39-24-7-4-20(16-22(24)29)33-25-19(17-30)18-32-26-21(25)5-6-23(27(26)36-2)38-13-3-9-35-11-14-37-15-12-35/h4-8,10,16,18H,3,9,11-15H2,1-2H3,(H,32,33). The number of fused-ring (bicyclic) bond motifs is 1. The first-order valence-electron chi connectivity index (χ1n) is 12.6. The Hall–Kier alpha value is -3.49. The number of methoxy groups -OCH3 is 1. The zero-order valence-electron chi connectivity index (χ0n) is 21.8. The molecule has 39 heavy (non-hydrogen) atoms. The second-order valence-corrected chi connectivity index (χ2v) is 10.4. The minimum Gasteiger partial charge on any atom is -0.491 e. The Labute approximate surface area is 236 Å². The van der Waals surface area contributed by atoms with E-state index in [0.717, 1.165) is 60.4 Å². The molecule has 0 unspecified atom stereocenters. The van der Waals surface area contributed by atoms with Gasteiger partial charge in [-0.3, -0.25) is 9.88 Å². The van der Waals surface area contributed by atoms with Gasteiger partial charge in [0.1, 0.15) is 11.6 Å². The topological polar surface area (TPSA) is 97.5 Å². The number of hydrogen-bond acceptors (Lipinski definition) is 9. The number of halogens is 1. The molecule has 0 saturated carbocycles. The van der Waals surface area contributed by atoms with Crippen LogP contribution in [0.4, 0.5) is 11.4 Å². The molecule has 0 atom stereocenters. The summed E-state index contributed by atoms with van der Waals surface area (Å²) in [6.07, 6.45) is 6.08. The highest BCUT2D eigenvalue weighted by molar-refractivity contribution is 7.99. The Morgan fingerprint density at radius 3 is 2.77 bits per heavy atom. The van der Waals surface area contributed by atoms with Crippen molar-refractivity contribution in [1.82, 2.24) is 19.4 Å². The quantitative estimate of drug-likeness (QED) is 0.250. The van der Waals surface area contributed by atoms with E-state index in [2.05, 4.69) is 26.3 Å². The molecule has 0 bridgehead atoms. The van der Waals surface area contributed by atoms with Crippen LogP contribution in [-0.4, -0.2) is 66.0 Å². The molecule has 2 aromatic heterocycles. The molecule has 0 spiro atoms. The van der Waals surface area contributed by atoms with Gasteiger partial charge in [-0.05, 0) is 36.8 Å². The van der Waals surface area contributed by atoms with Gasteiger partial charge in [-0.15, -0.1) is 0 Å². The van der Waals surface area contributed by atoms with Crippen molar-refractivity contribution in [2.24, 2.45) is 7.05 Å². The van der Waals surface area contributed by atoms with Crippen LogP contribution < -0.4 is 14.8 Å². The van der Waals surface area contributed by atoms with Crippen molar-refractivity contribution in [1.29, 1.82) is 5.26 Å². The predicted molar refractivity (Wildman–Crippen MR) is 152 cm³/mol. The van der Waals surface area contributed by atoms with Crippen LogP contribution in [0.25, 0.3) is 10.9 Å². The van der Waals surface area contributed by atoms with Gasteiger partial charge in [-0.25, -0.2) is 4.98 Å². The molecule has 202 valence electrons. The molecule has 0 radical (unpaired) electrons. The number of nitrogens with one attached hydrogen (secondary N) is 1. The zero-order valence-corrected chi connectivity index (χ0v) is 23.4. The van der Waals surface area contributed by atoms with Gasteiger partial charge in [-0.1, -0.05) is 23.4 Å². The van der Waals surface area contributed by atoms with Crippen molar-refractivity contribution in [3.63, 3.8) is 0 Å². The third kappa shape index (κ3) is 6.23. The predicted octanol–water partition coefficient (Wildman–Crippen LogP) is 5.50. The SMILES string of the molecule is COc1c(OCCCN2CCOCC2)ccc2c(Nc3ccc(Sc4nccn4C)c(Cl)c3)c(C#N)cnc12. The molecular weight excluding hydrogens is 536 g/mol. The number of ether oxygens (including phenoxy) is 3. The summed E-state index contributed by atoms with van der Waals surface area (Å²) in [6, 6.07) is 11.7. The van der Waals surface area contributed by atoms with E-state index in [1.807, 2.05) is 48.1 Å².